The summed E-state index contributed by atoms with van der Waals surface area (Å²) in [7, 11) is 0. The first-order valence-electron chi connectivity index (χ1n) is 6.30. The van der Waals surface area contributed by atoms with Gasteiger partial charge in [0, 0.05) is 22.8 Å². The summed E-state index contributed by atoms with van der Waals surface area (Å²) in [5.41, 5.74) is 5.17. The molecule has 0 aliphatic heterocycles. The average molecular weight is 285 g/mol. The second-order valence-electron chi connectivity index (χ2n) is 4.86. The van der Waals surface area contributed by atoms with Gasteiger partial charge >= 0.3 is 0 Å². The quantitative estimate of drug-likeness (QED) is 0.665. The van der Waals surface area contributed by atoms with E-state index in [0.29, 0.717) is 22.1 Å². The van der Waals surface area contributed by atoms with Crippen molar-refractivity contribution in [3.63, 3.8) is 0 Å². The standard InChI is InChI=1S/C16H13ClN2O/c1-10-3-4-13(11(2)7-10)16-14(9-20)19-6-5-12(17)8-15(19)18-16/h3-9H,1-2H3. The lowest BCUT2D eigenvalue weighted by molar-refractivity contribution is 0.111. The largest absolute Gasteiger partial charge is 0.297 e. The van der Waals surface area contributed by atoms with Gasteiger partial charge in [0.25, 0.3) is 0 Å². The molecule has 0 fully saturated rings. The van der Waals surface area contributed by atoms with E-state index in [0.717, 1.165) is 17.4 Å². The molecule has 3 aromatic rings. The van der Waals surface area contributed by atoms with E-state index in [9.17, 15) is 4.79 Å². The first kappa shape index (κ1) is 12.9. The molecule has 0 saturated carbocycles. The molecule has 1 aromatic carbocycles. The zero-order valence-electron chi connectivity index (χ0n) is 11.2. The number of hydrogen-bond acceptors (Lipinski definition) is 2. The summed E-state index contributed by atoms with van der Waals surface area (Å²) in [4.78, 5) is 16.0. The Morgan fingerprint density at radius 2 is 2.00 bits per heavy atom. The van der Waals surface area contributed by atoms with Crippen LogP contribution >= 0.6 is 11.6 Å². The third kappa shape index (κ3) is 2.00. The molecule has 0 bridgehead atoms. The van der Waals surface area contributed by atoms with Crippen molar-refractivity contribution in [1.82, 2.24) is 9.38 Å². The lowest BCUT2D eigenvalue weighted by Crippen LogP contribution is -1.93. The number of aldehydes is 1. The minimum absolute atomic E-state index is 0.545. The summed E-state index contributed by atoms with van der Waals surface area (Å²) in [6, 6.07) is 9.60. The Labute approximate surface area is 121 Å². The molecular weight excluding hydrogens is 272 g/mol. The van der Waals surface area contributed by atoms with Crippen LogP contribution < -0.4 is 0 Å². The number of fused-ring (bicyclic) bond motifs is 1. The fraction of sp³-hybridized carbons (Fsp3) is 0.125. The predicted molar refractivity (Wildman–Crippen MR) is 80.5 cm³/mol. The van der Waals surface area contributed by atoms with Crippen LogP contribution in [-0.4, -0.2) is 15.7 Å². The van der Waals surface area contributed by atoms with Gasteiger partial charge in [-0.05, 0) is 25.5 Å². The molecule has 0 unspecified atom stereocenters. The zero-order chi connectivity index (χ0) is 14.3. The van der Waals surface area contributed by atoms with Crippen LogP contribution in [0.3, 0.4) is 0 Å². The molecule has 3 nitrogen and oxygen atoms in total. The third-order valence-corrected chi connectivity index (χ3v) is 3.61. The second-order valence-corrected chi connectivity index (χ2v) is 5.29. The Morgan fingerprint density at radius 3 is 2.70 bits per heavy atom. The molecule has 0 N–H and O–H groups in total. The van der Waals surface area contributed by atoms with E-state index in [-0.39, 0.29) is 0 Å². The van der Waals surface area contributed by atoms with Gasteiger partial charge in [-0.2, -0.15) is 0 Å². The van der Waals surface area contributed by atoms with Crippen LogP contribution in [0.4, 0.5) is 0 Å². The van der Waals surface area contributed by atoms with Gasteiger partial charge in [-0.1, -0.05) is 35.4 Å². The molecule has 0 radical (unpaired) electrons. The summed E-state index contributed by atoms with van der Waals surface area (Å²) in [5.74, 6) is 0. The fourth-order valence-electron chi connectivity index (χ4n) is 2.43. The minimum atomic E-state index is 0.545. The third-order valence-electron chi connectivity index (χ3n) is 3.37. The number of halogens is 1. The number of benzene rings is 1. The number of nitrogens with zero attached hydrogens (tertiary/aromatic N) is 2. The van der Waals surface area contributed by atoms with Gasteiger partial charge < -0.3 is 0 Å². The van der Waals surface area contributed by atoms with Crippen molar-refractivity contribution in [3.05, 3.63) is 58.4 Å². The van der Waals surface area contributed by atoms with Gasteiger partial charge in [0.2, 0.25) is 0 Å². The van der Waals surface area contributed by atoms with E-state index in [1.54, 1.807) is 22.7 Å². The summed E-state index contributed by atoms with van der Waals surface area (Å²) < 4.78 is 1.76. The van der Waals surface area contributed by atoms with Crippen LogP contribution in [-0.2, 0) is 0 Å². The maximum Gasteiger partial charge on any atom is 0.169 e. The molecule has 2 heterocycles. The number of aryl methyl sites for hydroxylation is 2. The number of hydrogen-bond donors (Lipinski definition) is 0. The number of carbonyl (C=O) groups excluding carboxylic acids is 1. The van der Waals surface area contributed by atoms with E-state index in [2.05, 4.69) is 11.1 Å². The Bertz CT molecular complexity index is 821. The zero-order valence-corrected chi connectivity index (χ0v) is 12.0. The van der Waals surface area contributed by atoms with Gasteiger partial charge in [-0.15, -0.1) is 0 Å². The predicted octanol–water partition coefficient (Wildman–Crippen LogP) is 4.08. The van der Waals surface area contributed by atoms with Gasteiger partial charge in [-0.3, -0.25) is 9.20 Å². The van der Waals surface area contributed by atoms with Gasteiger partial charge in [0.05, 0.1) is 0 Å². The van der Waals surface area contributed by atoms with E-state index in [1.165, 1.54) is 5.56 Å². The molecule has 0 spiro atoms. The van der Waals surface area contributed by atoms with Crippen molar-refractivity contribution < 1.29 is 4.79 Å². The molecule has 4 heteroatoms. The number of rotatable bonds is 2. The van der Waals surface area contributed by atoms with E-state index < -0.39 is 0 Å². The van der Waals surface area contributed by atoms with Crippen molar-refractivity contribution >= 4 is 23.5 Å². The first-order valence-corrected chi connectivity index (χ1v) is 6.68. The van der Waals surface area contributed by atoms with E-state index >= 15 is 0 Å². The van der Waals surface area contributed by atoms with Crippen molar-refractivity contribution in [3.8, 4) is 11.3 Å². The van der Waals surface area contributed by atoms with Gasteiger partial charge in [0.15, 0.2) is 6.29 Å². The second kappa shape index (κ2) is 4.76. The van der Waals surface area contributed by atoms with Crippen LogP contribution in [0.1, 0.15) is 21.6 Å². The number of aromatic nitrogens is 2. The Hall–Kier alpha value is -2.13. The highest BCUT2D eigenvalue weighted by molar-refractivity contribution is 6.30. The number of pyridine rings is 1. The van der Waals surface area contributed by atoms with Crippen molar-refractivity contribution in [2.45, 2.75) is 13.8 Å². The topological polar surface area (TPSA) is 34.4 Å². The molecule has 20 heavy (non-hydrogen) atoms. The van der Waals surface area contributed by atoms with Crippen molar-refractivity contribution in [1.29, 1.82) is 0 Å². The summed E-state index contributed by atoms with van der Waals surface area (Å²) in [6.07, 6.45) is 2.60. The van der Waals surface area contributed by atoms with E-state index in [1.807, 2.05) is 26.0 Å². The Balaban J connectivity index is 2.32. The minimum Gasteiger partial charge on any atom is -0.297 e. The van der Waals surface area contributed by atoms with Crippen molar-refractivity contribution in [2.75, 3.05) is 0 Å². The maximum atomic E-state index is 11.4. The van der Waals surface area contributed by atoms with Crippen LogP contribution in [0.2, 0.25) is 5.02 Å². The molecule has 0 saturated heterocycles. The summed E-state index contributed by atoms with van der Waals surface area (Å²) in [5, 5.41) is 0.604. The molecule has 3 rings (SSSR count). The maximum absolute atomic E-state index is 11.4. The first-order chi connectivity index (χ1) is 9.60. The Kier molecular flexibility index (Phi) is 3.07. The highest BCUT2D eigenvalue weighted by atomic mass is 35.5. The summed E-state index contributed by atoms with van der Waals surface area (Å²) >= 11 is 5.98. The number of imidazole rings is 1. The van der Waals surface area contributed by atoms with Crippen molar-refractivity contribution in [2.24, 2.45) is 0 Å². The molecule has 0 aliphatic carbocycles. The number of carbonyl (C=O) groups is 1. The lowest BCUT2D eigenvalue weighted by Gasteiger charge is -2.04. The van der Waals surface area contributed by atoms with Crippen LogP contribution in [0, 0.1) is 13.8 Å². The molecule has 0 amide bonds. The summed E-state index contributed by atoms with van der Waals surface area (Å²) in [6.45, 7) is 4.06. The molecule has 100 valence electrons. The van der Waals surface area contributed by atoms with Crippen LogP contribution in [0.25, 0.3) is 16.9 Å². The highest BCUT2D eigenvalue weighted by Gasteiger charge is 2.15. The average Bonchev–Trinajstić information content (AvgIpc) is 2.75. The smallest absolute Gasteiger partial charge is 0.169 e. The van der Waals surface area contributed by atoms with Gasteiger partial charge in [0.1, 0.15) is 17.0 Å². The molecule has 0 aliphatic rings. The van der Waals surface area contributed by atoms with Gasteiger partial charge in [-0.25, -0.2) is 4.98 Å². The van der Waals surface area contributed by atoms with Crippen LogP contribution in [0.15, 0.2) is 36.5 Å². The fourth-order valence-corrected chi connectivity index (χ4v) is 2.58. The van der Waals surface area contributed by atoms with E-state index in [4.69, 9.17) is 11.6 Å². The molecule has 2 aromatic heterocycles. The lowest BCUT2D eigenvalue weighted by atomic mass is 10.0. The monoisotopic (exact) mass is 284 g/mol. The molecular formula is C16H13ClN2O. The SMILES string of the molecule is Cc1ccc(-c2nc3cc(Cl)ccn3c2C=O)c(C)c1. The van der Waals surface area contributed by atoms with Crippen LogP contribution in [0.5, 0.6) is 0 Å². The normalized spacial score (nSPS) is 10.9. The Morgan fingerprint density at radius 1 is 1.20 bits per heavy atom. The highest BCUT2D eigenvalue weighted by Crippen LogP contribution is 2.27. The molecule has 0 atom stereocenters.